The molecular formula is C23H23ClN2O4. The van der Waals surface area contributed by atoms with Crippen LogP contribution < -0.4 is 15.0 Å². The summed E-state index contributed by atoms with van der Waals surface area (Å²) < 4.78 is 5.26. The van der Waals surface area contributed by atoms with Gasteiger partial charge >= 0.3 is 0 Å². The molecule has 1 heterocycles. The Morgan fingerprint density at radius 2 is 1.87 bits per heavy atom. The van der Waals surface area contributed by atoms with E-state index in [-0.39, 0.29) is 29.6 Å². The molecule has 1 aliphatic heterocycles. The van der Waals surface area contributed by atoms with Crippen molar-refractivity contribution in [2.75, 3.05) is 17.3 Å². The number of anilines is 2. The molecule has 4 rings (SSSR count). The van der Waals surface area contributed by atoms with Crippen LogP contribution in [0.1, 0.15) is 36.5 Å². The monoisotopic (exact) mass is 426 g/mol. The molecule has 0 bridgehead atoms. The minimum atomic E-state index is -0.387. The molecule has 2 aromatic rings. The first-order valence-corrected chi connectivity index (χ1v) is 10.4. The van der Waals surface area contributed by atoms with Crippen LogP contribution in [-0.4, -0.2) is 24.8 Å². The van der Waals surface area contributed by atoms with Gasteiger partial charge < -0.3 is 10.1 Å². The van der Waals surface area contributed by atoms with Gasteiger partial charge in [0, 0.05) is 10.6 Å². The number of halogens is 1. The Hall–Kier alpha value is -2.86. The fourth-order valence-electron chi connectivity index (χ4n) is 4.40. The Labute approximate surface area is 180 Å². The van der Waals surface area contributed by atoms with Crippen molar-refractivity contribution in [2.24, 2.45) is 17.8 Å². The minimum Gasteiger partial charge on any atom is -0.495 e. The fraction of sp³-hybridized carbons (Fsp3) is 0.348. The lowest BCUT2D eigenvalue weighted by Crippen LogP contribution is -2.31. The third-order valence-corrected chi connectivity index (χ3v) is 6.20. The van der Waals surface area contributed by atoms with Crippen molar-refractivity contribution >= 4 is 40.7 Å². The van der Waals surface area contributed by atoms with Gasteiger partial charge in [-0.1, -0.05) is 24.6 Å². The summed E-state index contributed by atoms with van der Waals surface area (Å²) in [6.07, 6.45) is 2.43. The fourth-order valence-corrected chi connectivity index (χ4v) is 4.57. The lowest BCUT2D eigenvalue weighted by molar-refractivity contribution is -0.122. The molecule has 0 aromatic heterocycles. The number of ether oxygens (including phenoxy) is 1. The average Bonchev–Trinajstić information content (AvgIpc) is 2.98. The van der Waals surface area contributed by atoms with Gasteiger partial charge in [0.05, 0.1) is 30.3 Å². The zero-order valence-corrected chi connectivity index (χ0v) is 17.6. The standard InChI is InChI=1S/C23H23ClN2O4/c1-13-6-8-17-18(10-13)23(29)26(22(17)28)16-5-3-4-14(11-16)21(27)25-19-12-15(24)7-9-20(19)30-2/h3-5,7,9,11-13,17-18H,6,8,10H2,1-2H3,(H,25,27)/t13-,17+,18+/m0/s1. The second-order valence-electron chi connectivity index (χ2n) is 7.99. The van der Waals surface area contributed by atoms with E-state index < -0.39 is 0 Å². The van der Waals surface area contributed by atoms with Crippen molar-refractivity contribution in [3.63, 3.8) is 0 Å². The topological polar surface area (TPSA) is 75.7 Å². The third kappa shape index (κ3) is 3.67. The van der Waals surface area contributed by atoms with Crippen LogP contribution in [0.5, 0.6) is 5.75 Å². The molecule has 0 unspecified atom stereocenters. The molecule has 2 fully saturated rings. The summed E-state index contributed by atoms with van der Waals surface area (Å²) in [5.74, 6) is -0.296. The molecule has 1 saturated heterocycles. The first-order valence-electron chi connectivity index (χ1n) is 10.0. The SMILES string of the molecule is COc1ccc(Cl)cc1NC(=O)c1cccc(N2C(=O)[C@@H]3CC[C@H](C)C[C@H]3C2=O)c1. The third-order valence-electron chi connectivity index (χ3n) is 5.96. The molecule has 1 aliphatic carbocycles. The highest BCUT2D eigenvalue weighted by atomic mass is 35.5. The van der Waals surface area contributed by atoms with Crippen LogP contribution in [0, 0.1) is 17.8 Å². The molecule has 6 nitrogen and oxygen atoms in total. The molecule has 1 saturated carbocycles. The number of fused-ring (bicyclic) bond motifs is 1. The van der Waals surface area contributed by atoms with Crippen LogP contribution in [0.3, 0.4) is 0 Å². The first kappa shape index (κ1) is 20.4. The number of imide groups is 1. The highest BCUT2D eigenvalue weighted by Gasteiger charge is 2.50. The van der Waals surface area contributed by atoms with Gasteiger partial charge in [0.15, 0.2) is 0 Å². The minimum absolute atomic E-state index is 0.161. The molecule has 0 radical (unpaired) electrons. The molecule has 7 heteroatoms. The zero-order valence-electron chi connectivity index (χ0n) is 16.9. The summed E-state index contributed by atoms with van der Waals surface area (Å²) in [5, 5.41) is 3.24. The van der Waals surface area contributed by atoms with Crippen LogP contribution in [0.25, 0.3) is 0 Å². The van der Waals surface area contributed by atoms with E-state index in [1.807, 2.05) is 0 Å². The lowest BCUT2D eigenvalue weighted by Gasteiger charge is -2.25. The molecule has 2 aromatic carbocycles. The van der Waals surface area contributed by atoms with E-state index in [2.05, 4.69) is 12.2 Å². The van der Waals surface area contributed by atoms with Gasteiger partial charge in [0.25, 0.3) is 5.91 Å². The number of nitrogens with one attached hydrogen (secondary N) is 1. The second kappa shape index (κ2) is 8.11. The number of hydrogen-bond acceptors (Lipinski definition) is 4. The van der Waals surface area contributed by atoms with Crippen LogP contribution in [-0.2, 0) is 9.59 Å². The maximum absolute atomic E-state index is 13.0. The normalized spacial score (nSPS) is 23.3. The average molecular weight is 427 g/mol. The molecule has 3 amide bonds. The van der Waals surface area contributed by atoms with Crippen molar-refractivity contribution in [2.45, 2.75) is 26.2 Å². The van der Waals surface area contributed by atoms with E-state index in [1.165, 1.54) is 12.0 Å². The number of methoxy groups -OCH3 is 1. The lowest BCUT2D eigenvalue weighted by atomic mass is 9.76. The number of carbonyl (C=O) groups is 3. The smallest absolute Gasteiger partial charge is 0.255 e. The summed E-state index contributed by atoms with van der Waals surface area (Å²) in [6.45, 7) is 2.12. The summed E-state index contributed by atoms with van der Waals surface area (Å²) in [6, 6.07) is 11.5. The zero-order chi connectivity index (χ0) is 21.4. The van der Waals surface area contributed by atoms with Crippen LogP contribution in [0.2, 0.25) is 5.02 Å². The van der Waals surface area contributed by atoms with Crippen molar-refractivity contribution in [3.8, 4) is 5.75 Å². The maximum Gasteiger partial charge on any atom is 0.255 e. The molecule has 3 atom stereocenters. The summed E-state index contributed by atoms with van der Waals surface area (Å²) in [5.41, 5.74) is 1.20. The van der Waals surface area contributed by atoms with Gasteiger partial charge in [-0.2, -0.15) is 0 Å². The van der Waals surface area contributed by atoms with Crippen molar-refractivity contribution in [1.82, 2.24) is 0 Å². The number of rotatable bonds is 4. The van der Waals surface area contributed by atoms with E-state index >= 15 is 0 Å². The predicted octanol–water partition coefficient (Wildman–Crippen LogP) is 4.53. The largest absolute Gasteiger partial charge is 0.495 e. The highest BCUT2D eigenvalue weighted by molar-refractivity contribution is 6.31. The van der Waals surface area contributed by atoms with E-state index in [0.717, 1.165) is 19.3 Å². The summed E-state index contributed by atoms with van der Waals surface area (Å²) in [4.78, 5) is 40.0. The molecule has 0 spiro atoms. The number of nitrogens with zero attached hydrogens (tertiary/aromatic N) is 1. The van der Waals surface area contributed by atoms with Gasteiger partial charge in [-0.05, 0) is 61.6 Å². The van der Waals surface area contributed by atoms with Crippen LogP contribution in [0.15, 0.2) is 42.5 Å². The second-order valence-corrected chi connectivity index (χ2v) is 8.43. The molecule has 1 N–H and O–H groups in total. The number of carbonyl (C=O) groups excluding carboxylic acids is 3. The summed E-state index contributed by atoms with van der Waals surface area (Å²) in [7, 11) is 1.50. The van der Waals surface area contributed by atoms with E-state index in [0.29, 0.717) is 33.6 Å². The van der Waals surface area contributed by atoms with Gasteiger partial charge in [-0.15, -0.1) is 0 Å². The quantitative estimate of drug-likeness (QED) is 0.729. The van der Waals surface area contributed by atoms with Gasteiger partial charge in [-0.3, -0.25) is 19.3 Å². The number of amides is 3. The Balaban J connectivity index is 1.59. The Bertz CT molecular complexity index is 1020. The number of benzene rings is 2. The summed E-state index contributed by atoms with van der Waals surface area (Å²) >= 11 is 6.03. The molecule has 30 heavy (non-hydrogen) atoms. The Morgan fingerprint density at radius 3 is 2.63 bits per heavy atom. The first-order chi connectivity index (χ1) is 14.4. The van der Waals surface area contributed by atoms with Crippen molar-refractivity contribution in [3.05, 3.63) is 53.1 Å². The van der Waals surface area contributed by atoms with Gasteiger partial charge in [0.1, 0.15) is 5.75 Å². The van der Waals surface area contributed by atoms with E-state index in [4.69, 9.17) is 16.3 Å². The van der Waals surface area contributed by atoms with Crippen LogP contribution >= 0.6 is 11.6 Å². The van der Waals surface area contributed by atoms with Crippen molar-refractivity contribution in [1.29, 1.82) is 0 Å². The van der Waals surface area contributed by atoms with Crippen molar-refractivity contribution < 1.29 is 19.1 Å². The molecule has 2 aliphatic rings. The maximum atomic E-state index is 13.0. The van der Waals surface area contributed by atoms with Gasteiger partial charge in [0.2, 0.25) is 11.8 Å². The molecular weight excluding hydrogens is 404 g/mol. The Morgan fingerprint density at radius 1 is 1.10 bits per heavy atom. The predicted molar refractivity (Wildman–Crippen MR) is 115 cm³/mol. The number of hydrogen-bond donors (Lipinski definition) is 1. The Kier molecular flexibility index (Phi) is 5.52. The van der Waals surface area contributed by atoms with E-state index in [9.17, 15) is 14.4 Å². The van der Waals surface area contributed by atoms with E-state index in [1.54, 1.807) is 42.5 Å². The highest BCUT2D eigenvalue weighted by Crippen LogP contribution is 2.42. The molecule has 156 valence electrons. The van der Waals surface area contributed by atoms with Crippen LogP contribution in [0.4, 0.5) is 11.4 Å². The van der Waals surface area contributed by atoms with Gasteiger partial charge in [-0.25, -0.2) is 0 Å².